The highest BCUT2D eigenvalue weighted by molar-refractivity contribution is 6.05. The second-order valence-electron chi connectivity index (χ2n) is 2.98. The topological polar surface area (TPSA) is 56.2 Å². The van der Waals surface area contributed by atoms with Crippen molar-refractivity contribution in [2.75, 3.05) is 6.54 Å². The van der Waals surface area contributed by atoms with Crippen LogP contribution >= 0.6 is 0 Å². The van der Waals surface area contributed by atoms with Gasteiger partial charge in [0.15, 0.2) is 0 Å². The molecule has 0 spiro atoms. The molecule has 0 aliphatic carbocycles. The molecule has 2 N–H and O–H groups in total. The minimum Gasteiger partial charge on any atom is -0.303 e. The molecule has 0 aromatic rings. The van der Waals surface area contributed by atoms with Crippen LogP contribution < -0.4 is 5.32 Å². The third-order valence-corrected chi connectivity index (χ3v) is 2.04. The fourth-order valence-electron chi connectivity index (χ4n) is 1.42. The molecule has 0 aromatic carbocycles. The second kappa shape index (κ2) is 3.94. The number of nitrogens with zero attached hydrogens (tertiary/aromatic N) is 1. The number of amides is 2. The summed E-state index contributed by atoms with van der Waals surface area (Å²) in [5.74, 6) is 2.68. The van der Waals surface area contributed by atoms with E-state index >= 15 is 0 Å². The Bertz CT molecular complexity index is 267. The van der Waals surface area contributed by atoms with Crippen LogP contribution in [0.5, 0.6) is 0 Å². The van der Waals surface area contributed by atoms with Gasteiger partial charge in [-0.15, -0.1) is 6.42 Å². The average molecular weight is 179 g/mol. The van der Waals surface area contributed by atoms with Gasteiger partial charge < -0.3 is 4.90 Å². The van der Waals surface area contributed by atoms with Crippen molar-refractivity contribution in [3.8, 4) is 12.3 Å². The summed E-state index contributed by atoms with van der Waals surface area (Å²) in [7, 11) is 0. The molecule has 1 saturated heterocycles. The van der Waals surface area contributed by atoms with E-state index in [2.05, 4.69) is 11.2 Å². The molecule has 1 unspecified atom stereocenters. The van der Waals surface area contributed by atoms with Gasteiger partial charge in [-0.3, -0.25) is 10.7 Å². The number of carbonyl (C=O) groups is 1. The molecule has 4 nitrogen and oxygen atoms in total. The van der Waals surface area contributed by atoms with E-state index in [1.165, 1.54) is 4.90 Å². The molecular formula is C9H13N3O. The fourth-order valence-corrected chi connectivity index (χ4v) is 1.42. The Hall–Kier alpha value is -1.50. The lowest BCUT2D eigenvalue weighted by Crippen LogP contribution is -2.35. The molecule has 4 heteroatoms. The lowest BCUT2D eigenvalue weighted by atomic mass is 10.1. The van der Waals surface area contributed by atoms with Gasteiger partial charge in [0.05, 0.1) is 12.6 Å². The normalized spacial score (nSPS) is 21.5. The Balaban J connectivity index is 2.72. The third kappa shape index (κ3) is 1.81. The Morgan fingerprint density at radius 2 is 2.46 bits per heavy atom. The van der Waals surface area contributed by atoms with E-state index in [4.69, 9.17) is 11.8 Å². The van der Waals surface area contributed by atoms with Gasteiger partial charge in [-0.25, -0.2) is 4.79 Å². The predicted octanol–water partition coefficient (Wildman–Crippen LogP) is 0.791. The van der Waals surface area contributed by atoms with Gasteiger partial charge in [-0.2, -0.15) is 0 Å². The molecule has 1 heterocycles. The van der Waals surface area contributed by atoms with Gasteiger partial charge in [0, 0.05) is 0 Å². The minimum atomic E-state index is -0.249. The number of urea groups is 1. The van der Waals surface area contributed by atoms with Crippen LogP contribution in [-0.4, -0.2) is 29.4 Å². The molecule has 13 heavy (non-hydrogen) atoms. The summed E-state index contributed by atoms with van der Waals surface area (Å²) >= 11 is 0. The molecule has 70 valence electrons. The van der Waals surface area contributed by atoms with Crippen molar-refractivity contribution in [3.05, 3.63) is 0 Å². The van der Waals surface area contributed by atoms with Gasteiger partial charge in [-0.05, 0) is 6.42 Å². The predicted molar refractivity (Wildman–Crippen MR) is 50.5 cm³/mol. The lowest BCUT2D eigenvalue weighted by molar-refractivity contribution is 0.210. The molecular weight excluding hydrogens is 166 g/mol. The van der Waals surface area contributed by atoms with Gasteiger partial charge in [0.25, 0.3) is 0 Å². The number of nitrogens with one attached hydrogen (secondary N) is 2. The molecule has 1 rings (SSSR count). The summed E-state index contributed by atoms with van der Waals surface area (Å²) in [5, 5.41) is 9.97. The molecule has 0 bridgehead atoms. The molecule has 0 radical (unpaired) electrons. The number of hydrogen-bond donors (Lipinski definition) is 2. The largest absolute Gasteiger partial charge is 0.324 e. The van der Waals surface area contributed by atoms with Crippen LogP contribution in [0.1, 0.15) is 19.8 Å². The summed E-state index contributed by atoms with van der Waals surface area (Å²) in [4.78, 5) is 12.8. The summed E-state index contributed by atoms with van der Waals surface area (Å²) in [6, 6.07) is -0.394. The van der Waals surface area contributed by atoms with E-state index in [0.717, 1.165) is 12.8 Å². The number of terminal acetylenes is 1. The van der Waals surface area contributed by atoms with E-state index < -0.39 is 0 Å². The molecule has 0 aromatic heterocycles. The summed E-state index contributed by atoms with van der Waals surface area (Å²) < 4.78 is 0. The molecule has 0 saturated carbocycles. The second-order valence-corrected chi connectivity index (χ2v) is 2.98. The Morgan fingerprint density at radius 1 is 1.77 bits per heavy atom. The zero-order valence-electron chi connectivity index (χ0n) is 7.63. The first-order valence-electron chi connectivity index (χ1n) is 4.30. The average Bonchev–Trinajstić information content (AvgIpc) is 2.33. The van der Waals surface area contributed by atoms with Crippen LogP contribution in [-0.2, 0) is 0 Å². The first kappa shape index (κ1) is 9.59. The first-order valence-corrected chi connectivity index (χ1v) is 4.30. The van der Waals surface area contributed by atoms with E-state index in [9.17, 15) is 4.79 Å². The standard InChI is InChI=1S/C9H13N3O/c1-3-5-7-8(10)11-9(13)12(7)6-4-2/h2,7H,3,5-6H2,1H3,(H2,10,11,13). The van der Waals surface area contributed by atoms with Crippen LogP contribution in [0.2, 0.25) is 0 Å². The monoisotopic (exact) mass is 179 g/mol. The summed E-state index contributed by atoms with van der Waals surface area (Å²) in [6.45, 7) is 2.29. The van der Waals surface area contributed by atoms with Crippen molar-refractivity contribution in [2.45, 2.75) is 25.8 Å². The number of amidine groups is 1. The highest BCUT2D eigenvalue weighted by atomic mass is 16.2. The summed E-state index contributed by atoms with van der Waals surface area (Å²) in [5.41, 5.74) is 0. The van der Waals surface area contributed by atoms with Crippen LogP contribution in [0.15, 0.2) is 0 Å². The number of hydrogen-bond acceptors (Lipinski definition) is 2. The van der Waals surface area contributed by atoms with Crippen molar-refractivity contribution in [3.63, 3.8) is 0 Å². The Morgan fingerprint density at radius 3 is 3.00 bits per heavy atom. The zero-order valence-corrected chi connectivity index (χ0v) is 7.63. The highest BCUT2D eigenvalue weighted by Crippen LogP contribution is 2.13. The molecule has 1 aliphatic rings. The molecule has 1 atom stereocenters. The SMILES string of the molecule is C#CCN1C(=O)NC(=N)C1CCC. The number of rotatable bonds is 3. The third-order valence-electron chi connectivity index (χ3n) is 2.04. The zero-order chi connectivity index (χ0) is 9.84. The van der Waals surface area contributed by atoms with Gasteiger partial charge in [-0.1, -0.05) is 19.3 Å². The lowest BCUT2D eigenvalue weighted by Gasteiger charge is -2.19. The van der Waals surface area contributed by atoms with E-state index in [1.807, 2.05) is 6.92 Å². The maximum atomic E-state index is 11.2. The highest BCUT2D eigenvalue weighted by Gasteiger charge is 2.33. The molecule has 1 fully saturated rings. The minimum absolute atomic E-state index is 0.145. The molecule has 1 aliphatic heterocycles. The molecule has 2 amide bonds. The first-order chi connectivity index (χ1) is 6.20. The van der Waals surface area contributed by atoms with E-state index in [0.29, 0.717) is 0 Å². The van der Waals surface area contributed by atoms with Crippen molar-refractivity contribution in [1.82, 2.24) is 10.2 Å². The fraction of sp³-hybridized carbons (Fsp3) is 0.556. The van der Waals surface area contributed by atoms with Gasteiger partial charge >= 0.3 is 6.03 Å². The van der Waals surface area contributed by atoms with Crippen LogP contribution in [0.4, 0.5) is 4.79 Å². The Labute approximate surface area is 77.8 Å². The van der Waals surface area contributed by atoms with Crippen molar-refractivity contribution >= 4 is 11.9 Å². The van der Waals surface area contributed by atoms with Gasteiger partial charge in [0.1, 0.15) is 5.84 Å². The van der Waals surface area contributed by atoms with Crippen LogP contribution in [0.25, 0.3) is 0 Å². The quantitative estimate of drug-likeness (QED) is 0.618. The maximum Gasteiger partial charge on any atom is 0.324 e. The van der Waals surface area contributed by atoms with Crippen LogP contribution in [0, 0.1) is 17.8 Å². The van der Waals surface area contributed by atoms with Crippen molar-refractivity contribution < 1.29 is 4.79 Å². The van der Waals surface area contributed by atoms with Crippen LogP contribution in [0.3, 0.4) is 0 Å². The Kier molecular flexibility index (Phi) is 2.91. The van der Waals surface area contributed by atoms with E-state index in [-0.39, 0.29) is 24.5 Å². The maximum absolute atomic E-state index is 11.2. The van der Waals surface area contributed by atoms with Gasteiger partial charge in [0.2, 0.25) is 0 Å². The smallest absolute Gasteiger partial charge is 0.303 e. The van der Waals surface area contributed by atoms with Crippen molar-refractivity contribution in [1.29, 1.82) is 5.41 Å². The van der Waals surface area contributed by atoms with E-state index in [1.54, 1.807) is 0 Å². The van der Waals surface area contributed by atoms with Crippen molar-refractivity contribution in [2.24, 2.45) is 0 Å². The number of carbonyl (C=O) groups excluding carboxylic acids is 1. The summed E-state index contributed by atoms with van der Waals surface area (Å²) in [6.07, 6.45) is 6.86.